The number of methoxy groups -OCH3 is 1. The van der Waals surface area contributed by atoms with Crippen molar-refractivity contribution in [2.45, 2.75) is 19.1 Å². The molecule has 8 heteroatoms. The highest BCUT2D eigenvalue weighted by Crippen LogP contribution is 2.26. The normalized spacial score (nSPS) is 18.8. The lowest BCUT2D eigenvalue weighted by atomic mass is 10.2. The Hall–Kier alpha value is -2.93. The van der Waals surface area contributed by atoms with Gasteiger partial charge in [-0.05, 0) is 37.1 Å². The Morgan fingerprint density at radius 2 is 1.82 bits per heavy atom. The molecule has 7 nitrogen and oxygen atoms in total. The summed E-state index contributed by atoms with van der Waals surface area (Å²) < 4.78 is 5.33. The van der Waals surface area contributed by atoms with Crippen molar-refractivity contribution >= 4 is 35.7 Å². The van der Waals surface area contributed by atoms with Gasteiger partial charge in [-0.1, -0.05) is 24.3 Å². The van der Waals surface area contributed by atoms with Crippen molar-refractivity contribution in [2.75, 3.05) is 30.4 Å². The number of rotatable bonds is 4. The summed E-state index contributed by atoms with van der Waals surface area (Å²) >= 11 is 0. The van der Waals surface area contributed by atoms with Crippen molar-refractivity contribution in [3.63, 3.8) is 0 Å². The first kappa shape index (κ1) is 19.8. The lowest BCUT2D eigenvalue weighted by molar-refractivity contribution is 0.415. The second-order valence-electron chi connectivity index (χ2n) is 6.55. The molecule has 28 heavy (non-hydrogen) atoms. The molecule has 2 aliphatic rings. The molecule has 4 rings (SSSR count). The minimum atomic E-state index is -0.396. The van der Waals surface area contributed by atoms with Crippen molar-refractivity contribution in [3.05, 3.63) is 54.6 Å². The first-order valence-corrected chi connectivity index (χ1v) is 9.16. The molecule has 0 aromatic heterocycles. The van der Waals surface area contributed by atoms with E-state index in [9.17, 15) is 0 Å². The van der Waals surface area contributed by atoms with E-state index in [0.29, 0.717) is 0 Å². The number of aliphatic imine (C=N–C) groups is 2. The fraction of sp³-hybridized carbons (Fsp3) is 0.300. The third kappa shape index (κ3) is 4.14. The van der Waals surface area contributed by atoms with E-state index in [0.717, 1.165) is 49.0 Å². The highest BCUT2D eigenvalue weighted by molar-refractivity contribution is 6.06. The van der Waals surface area contributed by atoms with Gasteiger partial charge in [0.2, 0.25) is 18.2 Å². The van der Waals surface area contributed by atoms with Gasteiger partial charge in [0.05, 0.1) is 7.11 Å². The van der Waals surface area contributed by atoms with Gasteiger partial charge in [-0.3, -0.25) is 4.90 Å². The Kier molecular flexibility index (Phi) is 6.26. The molecule has 0 aliphatic carbocycles. The molecule has 0 spiro atoms. The van der Waals surface area contributed by atoms with Crippen LogP contribution in [0.25, 0.3) is 0 Å². The predicted molar refractivity (Wildman–Crippen MR) is 116 cm³/mol. The highest BCUT2D eigenvalue weighted by Gasteiger charge is 2.32. The molecule has 1 fully saturated rings. The van der Waals surface area contributed by atoms with E-state index >= 15 is 0 Å². The molecule has 3 N–H and O–H groups in total. The van der Waals surface area contributed by atoms with Crippen LogP contribution in [0.15, 0.2) is 64.6 Å². The molecule has 148 valence electrons. The number of hydrogen-bond donors (Lipinski definition) is 2. The lowest BCUT2D eigenvalue weighted by Gasteiger charge is -2.38. The van der Waals surface area contributed by atoms with Crippen LogP contribution in [0, 0.1) is 0 Å². The predicted octanol–water partition coefficient (Wildman–Crippen LogP) is 3.10. The third-order valence-corrected chi connectivity index (χ3v) is 4.72. The number of nitrogens with zero attached hydrogens (tertiary/aromatic N) is 4. The molecule has 1 unspecified atom stereocenters. The number of ether oxygens (including phenoxy) is 1. The molecule has 2 aliphatic heterocycles. The summed E-state index contributed by atoms with van der Waals surface area (Å²) in [5.74, 6) is 1.91. The van der Waals surface area contributed by atoms with Gasteiger partial charge in [0.15, 0.2) is 0 Å². The standard InChI is InChI=1S/C20H24N6O.ClH/c1-27-17-11-7-8-15(14-17)22-19-23-18(21)24-20(25-12-5-6-13-25)26(19)16-9-3-2-4-10-16;/h2-4,7-11,14,19,22H,5-6,12-13H2,1H3,(H2,21,23);1H. The Morgan fingerprint density at radius 1 is 1.07 bits per heavy atom. The van der Waals surface area contributed by atoms with Crippen molar-refractivity contribution in [1.82, 2.24) is 4.90 Å². The van der Waals surface area contributed by atoms with Gasteiger partial charge < -0.3 is 20.7 Å². The van der Waals surface area contributed by atoms with Gasteiger partial charge in [-0.15, -0.1) is 12.4 Å². The number of hydrogen-bond acceptors (Lipinski definition) is 7. The number of halogens is 1. The van der Waals surface area contributed by atoms with E-state index in [1.165, 1.54) is 0 Å². The fourth-order valence-corrected chi connectivity index (χ4v) is 3.42. The van der Waals surface area contributed by atoms with Crippen LogP contribution in [0.1, 0.15) is 12.8 Å². The molecule has 0 bridgehead atoms. The van der Waals surface area contributed by atoms with Gasteiger partial charge in [-0.25, -0.2) is 4.99 Å². The van der Waals surface area contributed by atoms with Gasteiger partial charge >= 0.3 is 0 Å². The molecule has 1 saturated heterocycles. The maximum atomic E-state index is 6.08. The van der Waals surface area contributed by atoms with Gasteiger partial charge in [-0.2, -0.15) is 4.99 Å². The Morgan fingerprint density at radius 3 is 2.54 bits per heavy atom. The van der Waals surface area contributed by atoms with E-state index in [2.05, 4.69) is 37.2 Å². The summed E-state index contributed by atoms with van der Waals surface area (Å²) in [4.78, 5) is 13.5. The topological polar surface area (TPSA) is 78.5 Å². The van der Waals surface area contributed by atoms with Crippen LogP contribution in [0.5, 0.6) is 5.75 Å². The molecule has 0 saturated carbocycles. The molecule has 2 aromatic carbocycles. The maximum Gasteiger partial charge on any atom is 0.222 e. The average molecular weight is 401 g/mol. The van der Waals surface area contributed by atoms with Crippen LogP contribution >= 0.6 is 12.4 Å². The quantitative estimate of drug-likeness (QED) is 0.824. The minimum absolute atomic E-state index is 0. The van der Waals surface area contributed by atoms with Crippen molar-refractivity contribution in [3.8, 4) is 5.75 Å². The summed E-state index contributed by atoms with van der Waals surface area (Å²) in [6.45, 7) is 1.95. The van der Waals surface area contributed by atoms with Crippen molar-refractivity contribution in [2.24, 2.45) is 15.7 Å². The summed E-state index contributed by atoms with van der Waals surface area (Å²) in [6.07, 6.45) is 1.92. The van der Waals surface area contributed by atoms with Crippen LogP contribution in [-0.4, -0.2) is 43.3 Å². The number of benzene rings is 2. The van der Waals surface area contributed by atoms with Crippen LogP contribution < -0.4 is 20.7 Å². The van der Waals surface area contributed by atoms with Gasteiger partial charge in [0.25, 0.3) is 0 Å². The zero-order valence-electron chi connectivity index (χ0n) is 15.8. The maximum absolute atomic E-state index is 6.08. The van der Waals surface area contributed by atoms with E-state index in [1.807, 2.05) is 42.5 Å². The monoisotopic (exact) mass is 400 g/mol. The summed E-state index contributed by atoms with van der Waals surface area (Å²) in [5.41, 5.74) is 7.99. The van der Waals surface area contributed by atoms with Crippen LogP contribution in [0.4, 0.5) is 11.4 Å². The molecule has 1 atom stereocenters. The number of para-hydroxylation sites is 1. The first-order chi connectivity index (χ1) is 13.2. The zero-order chi connectivity index (χ0) is 18.6. The number of anilines is 2. The van der Waals surface area contributed by atoms with E-state index in [4.69, 9.17) is 10.5 Å². The molecular formula is C20H25ClN6O. The second kappa shape index (κ2) is 8.84. The van der Waals surface area contributed by atoms with Gasteiger partial charge in [0, 0.05) is 30.5 Å². The van der Waals surface area contributed by atoms with Crippen LogP contribution in [0.2, 0.25) is 0 Å². The Labute approximate surface area is 171 Å². The summed E-state index contributed by atoms with van der Waals surface area (Å²) in [5, 5.41) is 3.46. The Bertz CT molecular complexity index is 851. The largest absolute Gasteiger partial charge is 0.497 e. The van der Waals surface area contributed by atoms with E-state index in [-0.39, 0.29) is 18.4 Å². The number of likely N-dealkylation sites (tertiary alicyclic amines) is 1. The second-order valence-corrected chi connectivity index (χ2v) is 6.55. The smallest absolute Gasteiger partial charge is 0.222 e. The lowest BCUT2D eigenvalue weighted by Crippen LogP contribution is -2.54. The fourth-order valence-electron chi connectivity index (χ4n) is 3.42. The summed E-state index contributed by atoms with van der Waals surface area (Å²) in [7, 11) is 1.66. The molecule has 0 amide bonds. The van der Waals surface area contributed by atoms with Crippen LogP contribution in [-0.2, 0) is 0 Å². The zero-order valence-corrected chi connectivity index (χ0v) is 16.6. The van der Waals surface area contributed by atoms with Crippen LogP contribution in [0.3, 0.4) is 0 Å². The SMILES string of the molecule is COc1cccc(NC2N=C(N)N=C(N3CCCC3)N2c2ccccc2)c1.Cl. The van der Waals surface area contributed by atoms with Gasteiger partial charge in [0.1, 0.15) is 5.75 Å². The van der Waals surface area contributed by atoms with Crippen molar-refractivity contribution in [1.29, 1.82) is 0 Å². The van der Waals surface area contributed by atoms with E-state index < -0.39 is 6.29 Å². The Balaban J connectivity index is 0.00000225. The first-order valence-electron chi connectivity index (χ1n) is 9.16. The van der Waals surface area contributed by atoms with Crippen molar-refractivity contribution < 1.29 is 4.74 Å². The number of guanidine groups is 2. The molecule has 0 radical (unpaired) electrons. The van der Waals surface area contributed by atoms with E-state index in [1.54, 1.807) is 7.11 Å². The number of nitrogens with one attached hydrogen (secondary N) is 1. The average Bonchev–Trinajstić information content (AvgIpc) is 3.23. The summed E-state index contributed by atoms with van der Waals surface area (Å²) in [6, 6.07) is 17.9. The number of nitrogens with two attached hydrogens (primary N) is 1. The third-order valence-electron chi connectivity index (χ3n) is 4.72. The highest BCUT2D eigenvalue weighted by atomic mass is 35.5. The molecular weight excluding hydrogens is 376 g/mol. The molecule has 2 heterocycles. The minimum Gasteiger partial charge on any atom is -0.497 e. The molecule has 2 aromatic rings.